The van der Waals surface area contributed by atoms with Crippen LogP contribution in [0, 0.1) is 0 Å². The second-order valence-corrected chi connectivity index (χ2v) is 4.65. The number of hydrogen-bond donors (Lipinski definition) is 2. The van der Waals surface area contributed by atoms with E-state index >= 15 is 0 Å². The van der Waals surface area contributed by atoms with E-state index in [-0.39, 0.29) is 6.10 Å². The van der Waals surface area contributed by atoms with Gasteiger partial charge in [0.2, 0.25) is 0 Å². The van der Waals surface area contributed by atoms with Gasteiger partial charge in [-0.3, -0.25) is 0 Å². The average molecular weight is 256 g/mol. The normalized spacial score (nSPS) is 27.6. The number of piperidine rings is 1. The van der Waals surface area contributed by atoms with Gasteiger partial charge in [0.15, 0.2) is 0 Å². The van der Waals surface area contributed by atoms with E-state index in [0.29, 0.717) is 6.04 Å². The van der Waals surface area contributed by atoms with Crippen molar-refractivity contribution < 1.29 is 5.11 Å². The average Bonchev–Trinajstić information content (AvgIpc) is 2.19. The lowest BCUT2D eigenvalue weighted by molar-refractivity contribution is 0.117. The second-order valence-electron chi connectivity index (χ2n) is 3.74. The maximum Gasteiger partial charge on any atom is 0.0570 e. The Morgan fingerprint density at radius 3 is 2.64 bits per heavy atom. The van der Waals surface area contributed by atoms with Gasteiger partial charge >= 0.3 is 0 Å². The summed E-state index contributed by atoms with van der Waals surface area (Å²) in [5, 5.41) is 13.0. The molecule has 3 heteroatoms. The predicted molar refractivity (Wildman–Crippen MR) is 60.1 cm³/mol. The fraction of sp³-hybridized carbons (Fsp3) is 0.455. The summed E-state index contributed by atoms with van der Waals surface area (Å²) in [5.41, 5.74) is 1.26. The van der Waals surface area contributed by atoms with Gasteiger partial charge in [0, 0.05) is 10.5 Å². The Morgan fingerprint density at radius 1 is 1.29 bits per heavy atom. The molecule has 1 heterocycles. The van der Waals surface area contributed by atoms with Crippen molar-refractivity contribution >= 4 is 15.9 Å². The number of aliphatic hydroxyl groups excluding tert-OH is 1. The van der Waals surface area contributed by atoms with E-state index in [0.717, 1.165) is 23.9 Å². The van der Waals surface area contributed by atoms with Crippen LogP contribution in [0.1, 0.15) is 24.4 Å². The molecule has 0 aromatic heterocycles. The molecule has 2 rings (SSSR count). The van der Waals surface area contributed by atoms with Crippen LogP contribution in [0.2, 0.25) is 0 Å². The maximum atomic E-state index is 9.55. The molecule has 14 heavy (non-hydrogen) atoms. The molecule has 76 valence electrons. The van der Waals surface area contributed by atoms with Crippen molar-refractivity contribution in [2.45, 2.75) is 25.0 Å². The number of aliphatic hydroxyl groups is 1. The summed E-state index contributed by atoms with van der Waals surface area (Å²) in [4.78, 5) is 0. The highest BCUT2D eigenvalue weighted by Crippen LogP contribution is 2.24. The van der Waals surface area contributed by atoms with E-state index in [1.807, 2.05) is 12.1 Å². The number of nitrogens with one attached hydrogen (secondary N) is 1. The molecule has 0 saturated carbocycles. The Bertz CT molecular complexity index is 299. The molecule has 1 aromatic carbocycles. The van der Waals surface area contributed by atoms with Crippen molar-refractivity contribution in [1.29, 1.82) is 0 Å². The first-order chi connectivity index (χ1) is 6.75. The monoisotopic (exact) mass is 255 g/mol. The predicted octanol–water partition coefficient (Wildman–Crippen LogP) is 2.23. The molecule has 2 nitrogen and oxygen atoms in total. The van der Waals surface area contributed by atoms with Crippen molar-refractivity contribution in [3.05, 3.63) is 34.3 Å². The summed E-state index contributed by atoms with van der Waals surface area (Å²) in [7, 11) is 0. The Kier molecular flexibility index (Phi) is 3.21. The van der Waals surface area contributed by atoms with Crippen molar-refractivity contribution in [1.82, 2.24) is 5.32 Å². The Balaban J connectivity index is 2.10. The number of benzene rings is 1. The molecule has 2 N–H and O–H groups in total. The van der Waals surface area contributed by atoms with Crippen molar-refractivity contribution in [3.8, 4) is 0 Å². The Labute approximate surface area is 92.5 Å². The van der Waals surface area contributed by atoms with Crippen LogP contribution >= 0.6 is 15.9 Å². The molecule has 0 amide bonds. The molecule has 2 atom stereocenters. The molecule has 1 aromatic rings. The fourth-order valence-electron chi connectivity index (χ4n) is 1.85. The van der Waals surface area contributed by atoms with Gasteiger partial charge in [-0.1, -0.05) is 28.1 Å². The van der Waals surface area contributed by atoms with Crippen molar-refractivity contribution in [2.24, 2.45) is 0 Å². The lowest BCUT2D eigenvalue weighted by Gasteiger charge is -2.27. The molecular weight excluding hydrogens is 242 g/mol. The second kappa shape index (κ2) is 4.43. The van der Waals surface area contributed by atoms with Crippen LogP contribution < -0.4 is 5.32 Å². The van der Waals surface area contributed by atoms with Gasteiger partial charge in [0.05, 0.1) is 6.10 Å². The van der Waals surface area contributed by atoms with E-state index in [4.69, 9.17) is 0 Å². The van der Waals surface area contributed by atoms with Gasteiger partial charge in [0.1, 0.15) is 0 Å². The first-order valence-corrected chi connectivity index (χ1v) is 5.72. The lowest BCUT2D eigenvalue weighted by atomic mass is 9.96. The smallest absolute Gasteiger partial charge is 0.0570 e. The zero-order chi connectivity index (χ0) is 9.97. The minimum atomic E-state index is -0.148. The van der Waals surface area contributed by atoms with Crippen LogP contribution in [0.4, 0.5) is 0 Å². The van der Waals surface area contributed by atoms with Crippen molar-refractivity contribution in [3.63, 3.8) is 0 Å². The molecule has 0 aliphatic carbocycles. The van der Waals surface area contributed by atoms with E-state index in [2.05, 4.69) is 33.4 Å². The zero-order valence-electron chi connectivity index (χ0n) is 7.91. The van der Waals surface area contributed by atoms with Crippen LogP contribution in [-0.4, -0.2) is 17.8 Å². The van der Waals surface area contributed by atoms with Crippen LogP contribution in [0.3, 0.4) is 0 Å². The quantitative estimate of drug-likeness (QED) is 0.807. The molecule has 1 aliphatic heterocycles. The highest BCUT2D eigenvalue weighted by Gasteiger charge is 2.20. The van der Waals surface area contributed by atoms with Crippen LogP contribution in [0.5, 0.6) is 0 Å². The van der Waals surface area contributed by atoms with Crippen molar-refractivity contribution in [2.75, 3.05) is 6.54 Å². The summed E-state index contributed by atoms with van der Waals surface area (Å²) in [5.74, 6) is 0. The van der Waals surface area contributed by atoms with Gasteiger partial charge < -0.3 is 10.4 Å². The third-order valence-electron chi connectivity index (χ3n) is 2.65. The van der Waals surface area contributed by atoms with E-state index < -0.39 is 0 Å². The van der Waals surface area contributed by atoms with Crippen LogP contribution in [-0.2, 0) is 0 Å². The van der Waals surface area contributed by atoms with E-state index in [1.165, 1.54) is 5.56 Å². The highest BCUT2D eigenvalue weighted by atomic mass is 79.9. The topological polar surface area (TPSA) is 32.3 Å². The summed E-state index contributed by atoms with van der Waals surface area (Å²) in [6, 6.07) is 8.59. The minimum absolute atomic E-state index is 0.148. The van der Waals surface area contributed by atoms with Crippen LogP contribution in [0.15, 0.2) is 28.7 Å². The standard InChI is InChI=1S/C11H14BrNO/c12-9-3-1-8(2-4-9)11-7-10(14)5-6-13-11/h1-4,10-11,13-14H,5-7H2/t10-,11+/m0/s1. The van der Waals surface area contributed by atoms with Gasteiger partial charge in [-0.25, -0.2) is 0 Å². The summed E-state index contributed by atoms with van der Waals surface area (Å²) in [6.45, 7) is 0.905. The fourth-order valence-corrected chi connectivity index (χ4v) is 2.11. The molecule has 1 saturated heterocycles. The summed E-state index contributed by atoms with van der Waals surface area (Å²) >= 11 is 3.41. The van der Waals surface area contributed by atoms with Gasteiger partial charge in [-0.2, -0.15) is 0 Å². The van der Waals surface area contributed by atoms with Gasteiger partial charge in [-0.15, -0.1) is 0 Å². The molecule has 0 spiro atoms. The first-order valence-electron chi connectivity index (χ1n) is 4.92. The Hall–Kier alpha value is -0.380. The van der Waals surface area contributed by atoms with E-state index in [1.54, 1.807) is 0 Å². The zero-order valence-corrected chi connectivity index (χ0v) is 9.50. The lowest BCUT2D eigenvalue weighted by Crippen LogP contribution is -2.34. The molecule has 0 unspecified atom stereocenters. The molecule has 1 fully saturated rings. The van der Waals surface area contributed by atoms with E-state index in [9.17, 15) is 5.11 Å². The minimum Gasteiger partial charge on any atom is -0.393 e. The SMILES string of the molecule is O[C@H]1CCN[C@@H](c2ccc(Br)cc2)C1. The molecular formula is C11H14BrNO. The number of halogens is 1. The first kappa shape index (κ1) is 10.1. The molecule has 0 bridgehead atoms. The summed E-state index contributed by atoms with van der Waals surface area (Å²) in [6.07, 6.45) is 1.54. The largest absolute Gasteiger partial charge is 0.393 e. The third kappa shape index (κ3) is 2.35. The maximum absolute atomic E-state index is 9.55. The van der Waals surface area contributed by atoms with Gasteiger partial charge in [0.25, 0.3) is 0 Å². The van der Waals surface area contributed by atoms with Gasteiger partial charge in [-0.05, 0) is 37.1 Å². The van der Waals surface area contributed by atoms with Crippen LogP contribution in [0.25, 0.3) is 0 Å². The third-order valence-corrected chi connectivity index (χ3v) is 3.18. The Morgan fingerprint density at radius 2 is 2.00 bits per heavy atom. The highest BCUT2D eigenvalue weighted by molar-refractivity contribution is 9.10. The number of rotatable bonds is 1. The molecule has 0 radical (unpaired) electrons. The molecule has 1 aliphatic rings. The number of hydrogen-bond acceptors (Lipinski definition) is 2. The summed E-state index contributed by atoms with van der Waals surface area (Å²) < 4.78 is 1.10.